The van der Waals surface area contributed by atoms with Gasteiger partial charge in [0.15, 0.2) is 11.6 Å². The summed E-state index contributed by atoms with van der Waals surface area (Å²) in [4.78, 5) is 11.6. The van der Waals surface area contributed by atoms with Crippen LogP contribution in [0.25, 0.3) is 0 Å². The van der Waals surface area contributed by atoms with E-state index >= 15 is 0 Å². The molecule has 1 aliphatic rings. The first kappa shape index (κ1) is 14.1. The molecule has 1 aliphatic carbocycles. The van der Waals surface area contributed by atoms with E-state index in [9.17, 15) is 23.8 Å². The van der Waals surface area contributed by atoms with Gasteiger partial charge < -0.3 is 10.2 Å². The second kappa shape index (κ2) is 4.96. The molecule has 6 heteroatoms. The molecule has 0 radical (unpaired) electrons. The number of aliphatic carboxylic acids is 1. The third kappa shape index (κ3) is 2.16. The zero-order valence-electron chi connectivity index (χ0n) is 10.0. The number of hydrogen-bond acceptors (Lipinski definition) is 2. The van der Waals surface area contributed by atoms with Gasteiger partial charge >= 0.3 is 5.97 Å². The third-order valence-electron chi connectivity index (χ3n) is 3.74. The average Bonchev–Trinajstić information content (AvgIpc) is 2.37. The van der Waals surface area contributed by atoms with Crippen LogP contribution in [0.1, 0.15) is 37.7 Å². The van der Waals surface area contributed by atoms with Crippen molar-refractivity contribution in [1.29, 1.82) is 0 Å². The Morgan fingerprint density at radius 1 is 1.26 bits per heavy atom. The van der Waals surface area contributed by atoms with Crippen LogP contribution in [0.4, 0.5) is 8.78 Å². The summed E-state index contributed by atoms with van der Waals surface area (Å²) in [6.45, 7) is 0. The lowest BCUT2D eigenvalue weighted by Gasteiger charge is -2.34. The van der Waals surface area contributed by atoms with E-state index in [1.54, 1.807) is 0 Å². The lowest BCUT2D eigenvalue weighted by molar-refractivity contribution is -0.145. The van der Waals surface area contributed by atoms with Crippen LogP contribution in [0.5, 0.6) is 5.75 Å². The molecule has 1 saturated carbocycles. The van der Waals surface area contributed by atoms with Crippen molar-refractivity contribution in [3.8, 4) is 5.75 Å². The molecule has 19 heavy (non-hydrogen) atoms. The summed E-state index contributed by atoms with van der Waals surface area (Å²) < 4.78 is 27.6. The van der Waals surface area contributed by atoms with Gasteiger partial charge in [-0.15, -0.1) is 0 Å². The molecule has 0 aromatic heterocycles. The molecule has 0 aliphatic heterocycles. The number of halogens is 3. The standard InChI is InChI=1S/C13H13ClF2O3/c14-7-6-8(15)11(17)9(10(7)16)13(12(18)19)4-2-1-3-5-13/h6,17H,1-5H2,(H,18,19). The first-order chi connectivity index (χ1) is 8.90. The van der Waals surface area contributed by atoms with Gasteiger partial charge in [-0.1, -0.05) is 30.9 Å². The lowest BCUT2D eigenvalue weighted by Crippen LogP contribution is -2.39. The molecule has 0 bridgehead atoms. The second-order valence-electron chi connectivity index (χ2n) is 4.83. The molecular formula is C13H13ClF2O3. The smallest absolute Gasteiger partial charge is 0.314 e. The highest BCUT2D eigenvalue weighted by atomic mass is 35.5. The maximum atomic E-state index is 14.1. The molecule has 104 valence electrons. The SMILES string of the molecule is O=C(O)C1(c2c(O)c(F)cc(Cl)c2F)CCCCC1. The fourth-order valence-corrected chi connectivity index (χ4v) is 2.94. The normalized spacial score (nSPS) is 18.3. The zero-order valence-corrected chi connectivity index (χ0v) is 10.8. The van der Waals surface area contributed by atoms with E-state index in [2.05, 4.69) is 0 Å². The molecule has 1 aromatic rings. The Bertz CT molecular complexity index is 499. The highest BCUT2D eigenvalue weighted by molar-refractivity contribution is 6.30. The van der Waals surface area contributed by atoms with E-state index in [4.69, 9.17) is 11.6 Å². The summed E-state index contributed by atoms with van der Waals surface area (Å²) in [5.41, 5.74) is -2.12. The molecule has 1 fully saturated rings. The van der Waals surface area contributed by atoms with Gasteiger partial charge in [0.05, 0.1) is 16.0 Å². The van der Waals surface area contributed by atoms with Gasteiger partial charge in [0.2, 0.25) is 0 Å². The summed E-state index contributed by atoms with van der Waals surface area (Å²) in [5.74, 6) is -4.37. The van der Waals surface area contributed by atoms with Crippen LogP contribution in [0.2, 0.25) is 5.02 Å². The predicted molar refractivity (Wildman–Crippen MR) is 65.4 cm³/mol. The minimum absolute atomic E-state index is 0.159. The van der Waals surface area contributed by atoms with Crippen LogP contribution in [0.15, 0.2) is 6.07 Å². The van der Waals surface area contributed by atoms with E-state index in [1.165, 1.54) is 0 Å². The van der Waals surface area contributed by atoms with Gasteiger partial charge in [-0.25, -0.2) is 8.78 Å². The van der Waals surface area contributed by atoms with Gasteiger partial charge in [0.1, 0.15) is 5.82 Å². The lowest BCUT2D eigenvalue weighted by atomic mass is 9.69. The molecule has 2 rings (SSSR count). The number of benzene rings is 1. The van der Waals surface area contributed by atoms with Crippen LogP contribution >= 0.6 is 11.6 Å². The molecule has 0 unspecified atom stereocenters. The van der Waals surface area contributed by atoms with Gasteiger partial charge in [0.25, 0.3) is 0 Å². The van der Waals surface area contributed by atoms with Gasteiger partial charge in [-0.05, 0) is 18.9 Å². The average molecular weight is 291 g/mol. The van der Waals surface area contributed by atoms with Gasteiger partial charge in [-0.2, -0.15) is 0 Å². The Balaban J connectivity index is 2.70. The summed E-state index contributed by atoms with van der Waals surface area (Å²) in [6.07, 6.45) is 2.32. The van der Waals surface area contributed by atoms with Crippen molar-refractivity contribution in [3.63, 3.8) is 0 Å². The van der Waals surface area contributed by atoms with Crippen molar-refractivity contribution in [2.24, 2.45) is 0 Å². The molecular weight excluding hydrogens is 278 g/mol. The van der Waals surface area contributed by atoms with E-state index in [0.717, 1.165) is 6.42 Å². The van der Waals surface area contributed by atoms with Gasteiger partial charge in [0, 0.05) is 0 Å². The number of phenolic OH excluding ortho intramolecular Hbond substituents is 1. The highest BCUT2D eigenvalue weighted by Gasteiger charge is 2.46. The molecule has 0 amide bonds. The number of carboxylic acid groups (broad SMARTS) is 1. The topological polar surface area (TPSA) is 57.5 Å². The number of carbonyl (C=O) groups is 1. The first-order valence-electron chi connectivity index (χ1n) is 6.00. The predicted octanol–water partition coefficient (Wildman–Crippen LogP) is 3.61. The fourth-order valence-electron chi connectivity index (χ4n) is 2.75. The van der Waals surface area contributed by atoms with E-state index in [0.29, 0.717) is 18.9 Å². The molecule has 3 nitrogen and oxygen atoms in total. The number of hydrogen-bond donors (Lipinski definition) is 2. The third-order valence-corrected chi connectivity index (χ3v) is 4.02. The molecule has 1 aromatic carbocycles. The minimum Gasteiger partial charge on any atom is -0.505 e. The first-order valence-corrected chi connectivity index (χ1v) is 6.38. The summed E-state index contributed by atoms with van der Waals surface area (Å²) >= 11 is 5.56. The quantitative estimate of drug-likeness (QED) is 0.818. The molecule has 0 heterocycles. The summed E-state index contributed by atoms with van der Waals surface area (Å²) in [7, 11) is 0. The van der Waals surface area contributed by atoms with Crippen LogP contribution in [-0.2, 0) is 10.2 Å². The Morgan fingerprint density at radius 3 is 2.37 bits per heavy atom. The summed E-state index contributed by atoms with van der Waals surface area (Å²) in [6, 6.07) is 0.647. The zero-order chi connectivity index (χ0) is 14.2. The van der Waals surface area contributed by atoms with Crippen LogP contribution in [0.3, 0.4) is 0 Å². The molecule has 0 saturated heterocycles. The summed E-state index contributed by atoms with van der Waals surface area (Å²) in [5, 5.41) is 18.6. The van der Waals surface area contributed by atoms with Crippen LogP contribution in [-0.4, -0.2) is 16.2 Å². The largest absolute Gasteiger partial charge is 0.505 e. The number of aromatic hydroxyl groups is 1. The molecule has 0 atom stereocenters. The van der Waals surface area contributed by atoms with Crippen molar-refractivity contribution in [1.82, 2.24) is 0 Å². The van der Waals surface area contributed by atoms with Crippen molar-refractivity contribution < 1.29 is 23.8 Å². The Hall–Kier alpha value is -1.36. The van der Waals surface area contributed by atoms with Crippen molar-refractivity contribution in [3.05, 3.63) is 28.3 Å². The van der Waals surface area contributed by atoms with Crippen LogP contribution < -0.4 is 0 Å². The number of carboxylic acids is 1. The monoisotopic (exact) mass is 290 g/mol. The van der Waals surface area contributed by atoms with E-state index < -0.39 is 39.4 Å². The Kier molecular flexibility index (Phi) is 3.67. The minimum atomic E-state index is -1.60. The van der Waals surface area contributed by atoms with Crippen molar-refractivity contribution in [2.45, 2.75) is 37.5 Å². The highest BCUT2D eigenvalue weighted by Crippen LogP contribution is 2.46. The van der Waals surface area contributed by atoms with E-state index in [1.807, 2.05) is 0 Å². The van der Waals surface area contributed by atoms with Crippen molar-refractivity contribution >= 4 is 17.6 Å². The molecule has 2 N–H and O–H groups in total. The van der Waals surface area contributed by atoms with Gasteiger partial charge in [-0.3, -0.25) is 4.79 Å². The number of phenols is 1. The fraction of sp³-hybridized carbons (Fsp3) is 0.462. The Labute approximate surface area is 113 Å². The van der Waals surface area contributed by atoms with E-state index in [-0.39, 0.29) is 12.8 Å². The Morgan fingerprint density at radius 2 is 1.84 bits per heavy atom. The van der Waals surface area contributed by atoms with Crippen molar-refractivity contribution in [2.75, 3.05) is 0 Å². The maximum Gasteiger partial charge on any atom is 0.314 e. The number of rotatable bonds is 2. The van der Waals surface area contributed by atoms with Crippen LogP contribution in [0, 0.1) is 11.6 Å². The second-order valence-corrected chi connectivity index (χ2v) is 5.23. The molecule has 0 spiro atoms. The maximum absolute atomic E-state index is 14.1.